The summed E-state index contributed by atoms with van der Waals surface area (Å²) in [5, 5.41) is 6.94. The summed E-state index contributed by atoms with van der Waals surface area (Å²) in [6, 6.07) is 4.03. The molecule has 2 aromatic heterocycles. The third-order valence-corrected chi connectivity index (χ3v) is 2.72. The number of hydrogen-bond acceptors (Lipinski definition) is 3. The van der Waals surface area contributed by atoms with Crippen LogP contribution < -0.4 is 0 Å². The summed E-state index contributed by atoms with van der Waals surface area (Å²) in [5.41, 5.74) is 1.26. The van der Waals surface area contributed by atoms with Crippen molar-refractivity contribution in [1.82, 2.24) is 19.7 Å². The highest BCUT2D eigenvalue weighted by molar-refractivity contribution is 7.71. The first kappa shape index (κ1) is 10.0. The van der Waals surface area contributed by atoms with Crippen LogP contribution in [0.25, 0.3) is 0 Å². The number of pyridine rings is 1. The highest BCUT2D eigenvalue weighted by Gasteiger charge is 2.01. The average Bonchev–Trinajstić information content (AvgIpc) is 2.59. The predicted octanol–water partition coefficient (Wildman–Crippen LogP) is 1.66. The first-order chi connectivity index (χ1) is 7.27. The summed E-state index contributed by atoms with van der Waals surface area (Å²) in [5.74, 6) is 0.983. The van der Waals surface area contributed by atoms with Gasteiger partial charge in [0.1, 0.15) is 5.82 Å². The zero-order chi connectivity index (χ0) is 10.7. The molecule has 0 aromatic carbocycles. The molecule has 0 unspecified atom stereocenters. The van der Waals surface area contributed by atoms with Crippen molar-refractivity contribution in [3.63, 3.8) is 0 Å². The Labute approximate surface area is 93.0 Å². The summed E-state index contributed by atoms with van der Waals surface area (Å²) in [7, 11) is 1.92. The fourth-order valence-corrected chi connectivity index (χ4v) is 1.56. The number of aromatic nitrogens is 4. The number of nitrogens with one attached hydrogen (secondary N) is 1. The maximum absolute atomic E-state index is 5.04. The van der Waals surface area contributed by atoms with Gasteiger partial charge in [-0.25, -0.2) is 0 Å². The van der Waals surface area contributed by atoms with Crippen molar-refractivity contribution in [3.8, 4) is 0 Å². The van der Waals surface area contributed by atoms with Gasteiger partial charge in [0.2, 0.25) is 0 Å². The van der Waals surface area contributed by atoms with Crippen LogP contribution in [0.3, 0.4) is 0 Å². The molecule has 0 amide bonds. The van der Waals surface area contributed by atoms with Crippen LogP contribution >= 0.6 is 12.2 Å². The number of H-pyrrole nitrogens is 1. The molecule has 0 aliphatic heterocycles. The zero-order valence-corrected chi connectivity index (χ0v) is 9.29. The lowest BCUT2D eigenvalue weighted by molar-refractivity contribution is 0.764. The second-order valence-electron chi connectivity index (χ2n) is 3.36. The fourth-order valence-electron chi connectivity index (χ4n) is 1.41. The van der Waals surface area contributed by atoms with Gasteiger partial charge in [-0.15, -0.1) is 0 Å². The Kier molecular flexibility index (Phi) is 2.91. The van der Waals surface area contributed by atoms with Gasteiger partial charge in [-0.1, -0.05) is 0 Å². The van der Waals surface area contributed by atoms with Crippen LogP contribution in [-0.4, -0.2) is 19.7 Å². The molecule has 2 aromatic rings. The number of aryl methyl sites for hydroxylation is 2. The Morgan fingerprint density at radius 3 is 2.67 bits per heavy atom. The molecule has 5 heteroatoms. The van der Waals surface area contributed by atoms with Crippen molar-refractivity contribution in [2.45, 2.75) is 12.8 Å². The van der Waals surface area contributed by atoms with Crippen molar-refractivity contribution < 1.29 is 0 Å². The van der Waals surface area contributed by atoms with Crippen molar-refractivity contribution >= 4 is 12.2 Å². The molecular weight excluding hydrogens is 208 g/mol. The Balaban J connectivity index is 2.06. The maximum atomic E-state index is 5.04. The van der Waals surface area contributed by atoms with E-state index >= 15 is 0 Å². The number of hydrogen-bond donors (Lipinski definition) is 1. The van der Waals surface area contributed by atoms with Crippen molar-refractivity contribution in [2.75, 3.05) is 0 Å². The topological polar surface area (TPSA) is 46.5 Å². The van der Waals surface area contributed by atoms with E-state index in [9.17, 15) is 0 Å². The normalized spacial score (nSPS) is 10.5. The highest BCUT2D eigenvalue weighted by atomic mass is 32.1. The van der Waals surface area contributed by atoms with E-state index in [0.717, 1.165) is 18.7 Å². The Morgan fingerprint density at radius 1 is 1.33 bits per heavy atom. The van der Waals surface area contributed by atoms with Gasteiger partial charge in [-0.3, -0.25) is 10.1 Å². The molecule has 0 bridgehead atoms. The van der Waals surface area contributed by atoms with Crippen LogP contribution in [0.5, 0.6) is 0 Å². The van der Waals surface area contributed by atoms with Crippen LogP contribution in [0.4, 0.5) is 0 Å². The molecule has 0 atom stereocenters. The molecule has 0 saturated carbocycles. The minimum Gasteiger partial charge on any atom is -0.307 e. The predicted molar refractivity (Wildman–Crippen MR) is 60.0 cm³/mol. The van der Waals surface area contributed by atoms with E-state index in [-0.39, 0.29) is 0 Å². The van der Waals surface area contributed by atoms with Crippen LogP contribution in [-0.2, 0) is 19.9 Å². The standard InChI is InChI=1S/C10H12N4S/c1-14-9(12-13-10(14)15)3-2-8-4-6-11-7-5-8/h4-7H,2-3H2,1H3,(H,13,15). The lowest BCUT2D eigenvalue weighted by Gasteiger charge is -2.00. The van der Waals surface area contributed by atoms with Gasteiger partial charge in [0.15, 0.2) is 4.77 Å². The van der Waals surface area contributed by atoms with Crippen LogP contribution in [0, 0.1) is 4.77 Å². The molecular formula is C10H12N4S. The molecule has 0 saturated heterocycles. The number of rotatable bonds is 3. The number of nitrogens with zero attached hydrogens (tertiary/aromatic N) is 3. The minimum absolute atomic E-state index is 0.666. The second-order valence-corrected chi connectivity index (χ2v) is 3.75. The van der Waals surface area contributed by atoms with Crippen molar-refractivity contribution in [2.24, 2.45) is 7.05 Å². The molecule has 2 heterocycles. The smallest absolute Gasteiger partial charge is 0.194 e. The second kappa shape index (κ2) is 4.35. The summed E-state index contributed by atoms with van der Waals surface area (Å²) in [6.07, 6.45) is 5.44. The lowest BCUT2D eigenvalue weighted by Crippen LogP contribution is -2.00. The van der Waals surface area contributed by atoms with E-state index in [4.69, 9.17) is 12.2 Å². The number of aromatic amines is 1. The van der Waals surface area contributed by atoms with Crippen LogP contribution in [0.15, 0.2) is 24.5 Å². The molecule has 0 radical (unpaired) electrons. The molecule has 0 spiro atoms. The Bertz CT molecular complexity index is 486. The summed E-state index contributed by atoms with van der Waals surface area (Å²) >= 11 is 5.04. The summed E-state index contributed by atoms with van der Waals surface area (Å²) in [4.78, 5) is 3.98. The Morgan fingerprint density at radius 2 is 2.07 bits per heavy atom. The van der Waals surface area contributed by atoms with E-state index < -0.39 is 0 Å². The Hall–Kier alpha value is -1.49. The monoisotopic (exact) mass is 220 g/mol. The van der Waals surface area contributed by atoms with Gasteiger partial charge in [0, 0.05) is 25.9 Å². The molecule has 0 aliphatic rings. The van der Waals surface area contributed by atoms with Gasteiger partial charge < -0.3 is 4.57 Å². The van der Waals surface area contributed by atoms with Gasteiger partial charge in [-0.05, 0) is 36.3 Å². The highest BCUT2D eigenvalue weighted by Crippen LogP contribution is 2.03. The average molecular weight is 220 g/mol. The molecule has 2 rings (SSSR count). The van der Waals surface area contributed by atoms with Crippen molar-refractivity contribution in [1.29, 1.82) is 0 Å². The third-order valence-electron chi connectivity index (χ3n) is 2.36. The van der Waals surface area contributed by atoms with Gasteiger partial charge >= 0.3 is 0 Å². The first-order valence-corrected chi connectivity index (χ1v) is 5.17. The van der Waals surface area contributed by atoms with E-state index in [2.05, 4.69) is 15.2 Å². The zero-order valence-electron chi connectivity index (χ0n) is 8.47. The van der Waals surface area contributed by atoms with E-state index in [1.54, 1.807) is 12.4 Å². The molecule has 78 valence electrons. The van der Waals surface area contributed by atoms with Gasteiger partial charge in [-0.2, -0.15) is 5.10 Å². The first-order valence-electron chi connectivity index (χ1n) is 4.76. The van der Waals surface area contributed by atoms with Crippen molar-refractivity contribution in [3.05, 3.63) is 40.7 Å². The SMILES string of the molecule is Cn1c(CCc2ccncc2)n[nH]c1=S. The molecule has 0 aliphatic carbocycles. The summed E-state index contributed by atoms with van der Waals surface area (Å²) in [6.45, 7) is 0. The van der Waals surface area contributed by atoms with Crippen LogP contribution in [0.2, 0.25) is 0 Å². The van der Waals surface area contributed by atoms with Crippen LogP contribution in [0.1, 0.15) is 11.4 Å². The quantitative estimate of drug-likeness (QED) is 0.800. The van der Waals surface area contributed by atoms with Gasteiger partial charge in [0.25, 0.3) is 0 Å². The fraction of sp³-hybridized carbons (Fsp3) is 0.300. The molecule has 0 fully saturated rings. The van der Waals surface area contributed by atoms with Gasteiger partial charge in [0.05, 0.1) is 0 Å². The molecule has 15 heavy (non-hydrogen) atoms. The third kappa shape index (κ3) is 2.30. The van der Waals surface area contributed by atoms with E-state index in [0.29, 0.717) is 4.77 Å². The maximum Gasteiger partial charge on any atom is 0.194 e. The summed E-state index contributed by atoms with van der Waals surface area (Å²) < 4.78 is 2.57. The minimum atomic E-state index is 0.666. The lowest BCUT2D eigenvalue weighted by atomic mass is 10.1. The molecule has 1 N–H and O–H groups in total. The molecule has 4 nitrogen and oxygen atoms in total. The van der Waals surface area contributed by atoms with E-state index in [1.807, 2.05) is 23.7 Å². The largest absolute Gasteiger partial charge is 0.307 e. The van der Waals surface area contributed by atoms with E-state index in [1.165, 1.54) is 5.56 Å².